The number of aliphatic hydroxyl groups excluding tert-OH is 1. The summed E-state index contributed by atoms with van der Waals surface area (Å²) in [6, 6.07) is 13.5. The predicted octanol–water partition coefficient (Wildman–Crippen LogP) is 3.04. The van der Waals surface area contributed by atoms with Gasteiger partial charge in [-0.1, -0.05) is 18.2 Å². The van der Waals surface area contributed by atoms with Crippen molar-refractivity contribution in [3.05, 3.63) is 58.5 Å². The van der Waals surface area contributed by atoms with Gasteiger partial charge in [0.15, 0.2) is 11.5 Å². The summed E-state index contributed by atoms with van der Waals surface area (Å²) in [7, 11) is 3.19. The number of fused-ring (bicyclic) bond motifs is 1. The lowest BCUT2D eigenvalue weighted by molar-refractivity contribution is -0.143. The third-order valence-electron chi connectivity index (χ3n) is 6.82. The van der Waals surface area contributed by atoms with Gasteiger partial charge in [0, 0.05) is 25.2 Å². The number of benzene rings is 2. The third-order valence-corrected chi connectivity index (χ3v) is 6.82. The minimum Gasteiger partial charge on any atom is -0.493 e. The average molecular weight is 530 g/mol. The molecule has 206 valence electrons. The van der Waals surface area contributed by atoms with E-state index in [1.54, 1.807) is 14.2 Å². The first kappa shape index (κ1) is 28.7. The van der Waals surface area contributed by atoms with Crippen molar-refractivity contribution in [3.63, 3.8) is 0 Å². The minimum atomic E-state index is -1.08. The molecule has 11 nitrogen and oxygen atoms in total. The maximum Gasteiger partial charge on any atom is 0.326 e. The number of nitrogens with zero attached hydrogens (tertiary/aromatic N) is 2. The fourth-order valence-corrected chi connectivity index (χ4v) is 4.72. The number of ether oxygens (including phenoxy) is 2. The molecule has 2 heterocycles. The second kappa shape index (κ2) is 13.1. The summed E-state index contributed by atoms with van der Waals surface area (Å²) in [5.41, 5.74) is 2.59. The van der Waals surface area contributed by atoms with E-state index in [0.29, 0.717) is 11.5 Å². The molecule has 0 radical (unpaired) electrons. The van der Waals surface area contributed by atoms with Crippen molar-refractivity contribution in [1.82, 2.24) is 14.5 Å². The fourth-order valence-electron chi connectivity index (χ4n) is 4.72. The Kier molecular flexibility index (Phi) is 9.91. The summed E-state index contributed by atoms with van der Waals surface area (Å²) in [6.45, 7) is 3.68. The van der Waals surface area contributed by atoms with Crippen LogP contribution in [-0.4, -0.2) is 75.1 Å². The molecule has 0 spiro atoms. The smallest absolute Gasteiger partial charge is 0.326 e. The largest absolute Gasteiger partial charge is 0.493 e. The highest BCUT2D eigenvalue weighted by atomic mass is 16.5. The van der Waals surface area contributed by atoms with Gasteiger partial charge in [-0.3, -0.25) is 19.1 Å². The van der Waals surface area contributed by atoms with E-state index in [0.717, 1.165) is 42.5 Å². The van der Waals surface area contributed by atoms with Crippen LogP contribution in [0.5, 0.6) is 11.5 Å². The van der Waals surface area contributed by atoms with Crippen LogP contribution in [0.25, 0.3) is 11.0 Å². The molecule has 1 fully saturated rings. The maximum absolute atomic E-state index is 12.5. The molecule has 1 aliphatic heterocycles. The quantitative estimate of drug-likeness (QED) is 0.327. The number of imidazole rings is 1. The van der Waals surface area contributed by atoms with Gasteiger partial charge in [0.25, 0.3) is 0 Å². The number of aromatic amines is 1. The lowest BCUT2D eigenvalue weighted by atomic mass is 9.97. The molecule has 0 saturated carbocycles. The molecule has 38 heavy (non-hydrogen) atoms. The fraction of sp³-hybridized carbons (Fsp3) is 0.444. The number of methoxy groups -OCH3 is 2. The van der Waals surface area contributed by atoms with Crippen molar-refractivity contribution in [2.45, 2.75) is 50.8 Å². The van der Waals surface area contributed by atoms with Gasteiger partial charge in [-0.25, -0.2) is 4.79 Å². The van der Waals surface area contributed by atoms with Gasteiger partial charge < -0.3 is 29.8 Å². The highest BCUT2D eigenvalue weighted by Gasteiger charge is 2.29. The molecule has 0 amide bonds. The highest BCUT2D eigenvalue weighted by molar-refractivity contribution is 5.75. The number of carboxylic acids is 2. The Morgan fingerprint density at radius 1 is 1.00 bits per heavy atom. The standard InChI is InChI=1S/C23H29N3O4.C4H6O4/c1-15(22(27)16-8-9-20(29-2)21(14-16)30-3)25-12-10-17(11-13-25)26-19-7-5-4-6-18(19)24-23(26)28;5-3(6)1-2-4(7)8/h4-9,14-15,17,22,27H,10-13H2,1-3H3,(H,24,28);1-2H2,(H,5,6)(H,7,8). The number of rotatable bonds is 9. The van der Waals surface area contributed by atoms with Gasteiger partial charge in [-0.15, -0.1) is 0 Å². The molecule has 3 aromatic rings. The molecular formula is C27H35N3O8. The van der Waals surface area contributed by atoms with Crippen LogP contribution in [-0.2, 0) is 9.59 Å². The summed E-state index contributed by atoms with van der Waals surface area (Å²) in [6.07, 6.45) is 0.498. The predicted molar refractivity (Wildman–Crippen MR) is 141 cm³/mol. The summed E-state index contributed by atoms with van der Waals surface area (Å²) in [4.78, 5) is 37.0. The van der Waals surface area contributed by atoms with E-state index in [2.05, 4.69) is 9.88 Å². The first-order valence-electron chi connectivity index (χ1n) is 12.4. The summed E-state index contributed by atoms with van der Waals surface area (Å²) >= 11 is 0. The minimum absolute atomic E-state index is 0.0481. The summed E-state index contributed by atoms with van der Waals surface area (Å²) in [5.74, 6) is -0.899. The number of piperidine rings is 1. The van der Waals surface area contributed by atoms with Gasteiger partial charge in [0.05, 0.1) is 44.2 Å². The van der Waals surface area contributed by atoms with Crippen LogP contribution in [0, 0.1) is 0 Å². The number of aliphatic carboxylic acids is 2. The van der Waals surface area contributed by atoms with Crippen LogP contribution in [0.1, 0.15) is 50.3 Å². The Bertz CT molecular complexity index is 1280. The van der Waals surface area contributed by atoms with Crippen molar-refractivity contribution in [3.8, 4) is 11.5 Å². The number of carboxylic acid groups (broad SMARTS) is 2. The van der Waals surface area contributed by atoms with Crippen molar-refractivity contribution in [2.24, 2.45) is 0 Å². The normalized spacial score (nSPS) is 15.8. The average Bonchev–Trinajstić information content (AvgIpc) is 3.26. The summed E-state index contributed by atoms with van der Waals surface area (Å²) < 4.78 is 12.5. The first-order valence-corrected chi connectivity index (χ1v) is 12.4. The molecular weight excluding hydrogens is 494 g/mol. The van der Waals surface area contributed by atoms with Crippen molar-refractivity contribution >= 4 is 23.0 Å². The highest BCUT2D eigenvalue weighted by Crippen LogP contribution is 2.33. The number of hydrogen-bond acceptors (Lipinski definition) is 7. The van der Waals surface area contributed by atoms with Crippen LogP contribution in [0.4, 0.5) is 0 Å². The molecule has 2 aromatic carbocycles. The Labute approximate surface area is 220 Å². The van der Waals surface area contributed by atoms with Gasteiger partial charge in [-0.05, 0) is 49.6 Å². The second-order valence-electron chi connectivity index (χ2n) is 9.17. The zero-order chi connectivity index (χ0) is 27.8. The monoisotopic (exact) mass is 529 g/mol. The molecule has 1 aliphatic rings. The van der Waals surface area contributed by atoms with Crippen molar-refractivity contribution in [2.75, 3.05) is 27.3 Å². The van der Waals surface area contributed by atoms with Gasteiger partial charge >= 0.3 is 17.6 Å². The number of hydrogen-bond donors (Lipinski definition) is 4. The molecule has 2 atom stereocenters. The maximum atomic E-state index is 12.5. The zero-order valence-electron chi connectivity index (χ0n) is 21.8. The Hall–Kier alpha value is -3.83. The van der Waals surface area contributed by atoms with E-state index < -0.39 is 18.0 Å². The lowest BCUT2D eigenvalue weighted by Gasteiger charge is -2.38. The van der Waals surface area contributed by atoms with E-state index in [-0.39, 0.29) is 30.6 Å². The van der Waals surface area contributed by atoms with Crippen LogP contribution in [0.2, 0.25) is 0 Å². The molecule has 2 unspecified atom stereocenters. The topological polar surface area (TPSA) is 154 Å². The number of likely N-dealkylation sites (tertiary alicyclic amines) is 1. The van der Waals surface area contributed by atoms with Crippen molar-refractivity contribution in [1.29, 1.82) is 0 Å². The molecule has 1 saturated heterocycles. The molecule has 11 heteroatoms. The van der Waals surface area contributed by atoms with Crippen LogP contribution in [0.15, 0.2) is 47.3 Å². The van der Waals surface area contributed by atoms with Crippen molar-refractivity contribution < 1.29 is 34.4 Å². The van der Waals surface area contributed by atoms with Crippen LogP contribution >= 0.6 is 0 Å². The van der Waals surface area contributed by atoms with E-state index >= 15 is 0 Å². The number of H-pyrrole nitrogens is 1. The Balaban J connectivity index is 0.000000436. The van der Waals surface area contributed by atoms with E-state index in [1.807, 2.05) is 54.0 Å². The SMILES string of the molecule is COc1ccc(C(O)C(C)N2CCC(n3c(=O)[nH]c4ccccc43)CC2)cc1OC.O=C(O)CCC(=O)O. The number of aromatic nitrogens is 2. The second-order valence-corrected chi connectivity index (χ2v) is 9.17. The zero-order valence-corrected chi connectivity index (χ0v) is 21.8. The third kappa shape index (κ3) is 6.93. The number of carbonyl (C=O) groups is 2. The van der Waals surface area contributed by atoms with E-state index in [1.165, 1.54) is 0 Å². The molecule has 4 rings (SSSR count). The van der Waals surface area contributed by atoms with Gasteiger partial charge in [0.1, 0.15) is 0 Å². The number of para-hydroxylation sites is 2. The molecule has 0 aliphatic carbocycles. The number of aliphatic hydroxyl groups is 1. The number of nitrogens with one attached hydrogen (secondary N) is 1. The molecule has 0 bridgehead atoms. The lowest BCUT2D eigenvalue weighted by Crippen LogP contribution is -2.44. The molecule has 1 aromatic heterocycles. The first-order chi connectivity index (χ1) is 18.2. The van der Waals surface area contributed by atoms with E-state index in [4.69, 9.17) is 19.7 Å². The van der Waals surface area contributed by atoms with Gasteiger partial charge in [0.2, 0.25) is 0 Å². The van der Waals surface area contributed by atoms with Crippen LogP contribution in [0.3, 0.4) is 0 Å². The Morgan fingerprint density at radius 3 is 2.18 bits per heavy atom. The van der Waals surface area contributed by atoms with E-state index in [9.17, 15) is 19.5 Å². The Morgan fingerprint density at radius 2 is 1.61 bits per heavy atom. The molecule has 4 N–H and O–H groups in total. The van der Waals surface area contributed by atoms with Crippen LogP contribution < -0.4 is 15.2 Å². The van der Waals surface area contributed by atoms with Gasteiger partial charge in [-0.2, -0.15) is 0 Å². The summed E-state index contributed by atoms with van der Waals surface area (Å²) in [5, 5.41) is 26.8.